The molecule has 2 nitrogen and oxygen atoms in total. The lowest BCUT2D eigenvalue weighted by Gasteiger charge is -2.33. The van der Waals surface area contributed by atoms with Crippen molar-refractivity contribution in [2.45, 2.75) is 110 Å². The van der Waals surface area contributed by atoms with Crippen molar-refractivity contribution in [1.82, 2.24) is 0 Å². The van der Waals surface area contributed by atoms with Crippen LogP contribution in [0.15, 0.2) is 58.8 Å². The van der Waals surface area contributed by atoms with Crippen molar-refractivity contribution in [1.29, 1.82) is 0 Å². The number of aliphatic hydroxyl groups excluding tert-OH is 1. The van der Waals surface area contributed by atoms with Gasteiger partial charge in [0, 0.05) is 5.92 Å². The molecule has 3 aliphatic carbocycles. The van der Waals surface area contributed by atoms with Gasteiger partial charge in [0.05, 0.1) is 6.10 Å². The molecule has 1 N–H and O–H groups in total. The monoisotopic (exact) mass is 506 g/mol. The summed E-state index contributed by atoms with van der Waals surface area (Å²) in [6, 6.07) is 0. The zero-order chi connectivity index (χ0) is 26.2. The molecule has 0 spiro atoms. The first-order valence-electron chi connectivity index (χ1n) is 14.1. The van der Waals surface area contributed by atoms with E-state index in [1.165, 1.54) is 0 Å². The minimum absolute atomic E-state index is 0.197. The second-order valence-corrected chi connectivity index (χ2v) is 10.9. The minimum atomic E-state index is -1.19. The fourth-order valence-electron chi connectivity index (χ4n) is 5.81. The van der Waals surface area contributed by atoms with Gasteiger partial charge in [0.1, 0.15) is 12.0 Å². The summed E-state index contributed by atoms with van der Waals surface area (Å²) in [6.45, 7) is 7.95. The number of rotatable bonds is 11. The number of aliphatic hydroxyl groups is 1. The molecular weight excluding hydrogens is 461 g/mol. The highest BCUT2D eigenvalue weighted by atomic mass is 19.2. The normalized spacial score (nSPS) is 31.2. The fourth-order valence-corrected chi connectivity index (χ4v) is 5.81. The molecule has 3 aliphatic rings. The van der Waals surface area contributed by atoms with Gasteiger partial charge in [0.2, 0.25) is 0 Å². The number of halogens is 3. The average molecular weight is 507 g/mol. The first kappa shape index (κ1) is 29.0. The van der Waals surface area contributed by atoms with Crippen molar-refractivity contribution >= 4 is 0 Å². The van der Waals surface area contributed by atoms with Crippen LogP contribution >= 0.6 is 0 Å². The molecule has 1 saturated carbocycles. The third-order valence-electron chi connectivity index (χ3n) is 8.35. The van der Waals surface area contributed by atoms with Crippen molar-refractivity contribution < 1.29 is 23.0 Å². The van der Waals surface area contributed by atoms with Crippen LogP contribution in [-0.2, 0) is 4.74 Å². The average Bonchev–Trinajstić information content (AvgIpc) is 2.88. The van der Waals surface area contributed by atoms with Crippen LogP contribution in [-0.4, -0.2) is 23.7 Å². The highest BCUT2D eigenvalue weighted by Gasteiger charge is 2.33. The summed E-state index contributed by atoms with van der Waals surface area (Å²) in [5.74, 6) is -1.28. The van der Waals surface area contributed by atoms with E-state index in [0.29, 0.717) is 55.1 Å². The molecule has 5 heteroatoms. The third kappa shape index (κ3) is 7.25. The van der Waals surface area contributed by atoms with E-state index in [-0.39, 0.29) is 5.92 Å². The highest BCUT2D eigenvalue weighted by molar-refractivity contribution is 5.41. The SMILES string of the molecule is CCCC1CCC(OC(O)/C(C)=C/CC(CC)C2=CCC(C3=CCC(CC)C=C3)C(F)=C2F)C(F)C1. The van der Waals surface area contributed by atoms with Crippen molar-refractivity contribution in [3.8, 4) is 0 Å². The summed E-state index contributed by atoms with van der Waals surface area (Å²) in [6.07, 6.45) is 14.5. The van der Waals surface area contributed by atoms with E-state index >= 15 is 8.78 Å². The van der Waals surface area contributed by atoms with Crippen LogP contribution in [0.1, 0.15) is 91.9 Å². The topological polar surface area (TPSA) is 29.5 Å². The third-order valence-corrected chi connectivity index (χ3v) is 8.35. The van der Waals surface area contributed by atoms with Gasteiger partial charge in [-0.05, 0) is 92.8 Å². The quantitative estimate of drug-likeness (QED) is 0.224. The maximum Gasteiger partial charge on any atom is 0.177 e. The zero-order valence-electron chi connectivity index (χ0n) is 22.5. The van der Waals surface area contributed by atoms with Crippen LogP contribution in [0.2, 0.25) is 0 Å². The molecule has 36 heavy (non-hydrogen) atoms. The van der Waals surface area contributed by atoms with Crippen molar-refractivity contribution in [3.63, 3.8) is 0 Å². The molecule has 0 aromatic heterocycles. The van der Waals surface area contributed by atoms with Gasteiger partial charge in [-0.1, -0.05) is 64.0 Å². The van der Waals surface area contributed by atoms with Gasteiger partial charge >= 0.3 is 0 Å². The Morgan fingerprint density at radius 2 is 1.94 bits per heavy atom. The number of hydrogen-bond acceptors (Lipinski definition) is 2. The first-order valence-corrected chi connectivity index (χ1v) is 14.1. The van der Waals surface area contributed by atoms with Crippen molar-refractivity contribution in [2.75, 3.05) is 0 Å². The summed E-state index contributed by atoms with van der Waals surface area (Å²) in [5.41, 5.74) is 1.86. The maximum atomic E-state index is 15.2. The smallest absolute Gasteiger partial charge is 0.177 e. The molecule has 0 radical (unpaired) electrons. The van der Waals surface area contributed by atoms with Gasteiger partial charge in [-0.25, -0.2) is 13.2 Å². The van der Waals surface area contributed by atoms with Gasteiger partial charge in [0.15, 0.2) is 12.1 Å². The first-order chi connectivity index (χ1) is 17.3. The van der Waals surface area contributed by atoms with E-state index in [2.05, 4.69) is 19.9 Å². The minimum Gasteiger partial charge on any atom is -0.364 e. The number of allylic oxidation sites excluding steroid dienone is 9. The van der Waals surface area contributed by atoms with Gasteiger partial charge in [-0.3, -0.25) is 0 Å². The molecule has 0 saturated heterocycles. The second-order valence-electron chi connectivity index (χ2n) is 10.9. The molecule has 7 unspecified atom stereocenters. The van der Waals surface area contributed by atoms with E-state index in [0.717, 1.165) is 37.7 Å². The zero-order valence-corrected chi connectivity index (χ0v) is 22.5. The van der Waals surface area contributed by atoms with E-state index in [1.54, 1.807) is 6.92 Å². The molecule has 0 aromatic carbocycles. The van der Waals surface area contributed by atoms with Crippen LogP contribution in [0.5, 0.6) is 0 Å². The molecule has 0 heterocycles. The van der Waals surface area contributed by atoms with E-state index < -0.39 is 36.1 Å². The Bertz CT molecular complexity index is 884. The Kier molecular flexibility index (Phi) is 11.1. The molecule has 7 atom stereocenters. The Morgan fingerprint density at radius 1 is 1.17 bits per heavy atom. The summed E-state index contributed by atoms with van der Waals surface area (Å²) in [7, 11) is 0. The van der Waals surface area contributed by atoms with Gasteiger partial charge < -0.3 is 9.84 Å². The molecule has 0 aliphatic heterocycles. The summed E-state index contributed by atoms with van der Waals surface area (Å²) in [5, 5.41) is 10.5. The van der Waals surface area contributed by atoms with Gasteiger partial charge in [-0.2, -0.15) is 0 Å². The fraction of sp³-hybridized carbons (Fsp3) is 0.677. The largest absolute Gasteiger partial charge is 0.364 e. The van der Waals surface area contributed by atoms with Gasteiger partial charge in [-0.15, -0.1) is 0 Å². The second kappa shape index (κ2) is 13.8. The number of alkyl halides is 1. The predicted octanol–water partition coefficient (Wildman–Crippen LogP) is 9.00. The summed E-state index contributed by atoms with van der Waals surface area (Å²) in [4.78, 5) is 0. The molecule has 0 aromatic rings. The Hall–Kier alpha value is -1.59. The van der Waals surface area contributed by atoms with Crippen molar-refractivity contribution in [3.05, 3.63) is 58.8 Å². The lowest BCUT2D eigenvalue weighted by atomic mass is 9.80. The Labute approximate surface area is 216 Å². The number of hydrogen-bond donors (Lipinski definition) is 1. The molecular formula is C31H45F3O2. The lowest BCUT2D eigenvalue weighted by molar-refractivity contribution is -0.146. The molecule has 1 fully saturated rings. The van der Waals surface area contributed by atoms with Gasteiger partial charge in [0.25, 0.3) is 0 Å². The van der Waals surface area contributed by atoms with Crippen LogP contribution in [0.4, 0.5) is 13.2 Å². The number of ether oxygens (including phenoxy) is 1. The maximum absolute atomic E-state index is 15.2. The van der Waals surface area contributed by atoms with Crippen LogP contribution in [0.3, 0.4) is 0 Å². The molecule has 0 bridgehead atoms. The van der Waals surface area contributed by atoms with Crippen molar-refractivity contribution in [2.24, 2.45) is 23.7 Å². The van der Waals surface area contributed by atoms with E-state index in [9.17, 15) is 9.50 Å². The lowest BCUT2D eigenvalue weighted by Crippen LogP contribution is -2.36. The Balaban J connectivity index is 1.58. The van der Waals surface area contributed by atoms with E-state index in [1.807, 2.05) is 31.2 Å². The van der Waals surface area contributed by atoms with Crippen LogP contribution in [0, 0.1) is 23.7 Å². The van der Waals surface area contributed by atoms with E-state index in [4.69, 9.17) is 4.74 Å². The van der Waals surface area contributed by atoms with Crippen LogP contribution in [0.25, 0.3) is 0 Å². The van der Waals surface area contributed by atoms with Crippen LogP contribution < -0.4 is 0 Å². The predicted molar refractivity (Wildman–Crippen MR) is 141 cm³/mol. The highest BCUT2D eigenvalue weighted by Crippen LogP contribution is 2.42. The molecule has 3 rings (SSSR count). The molecule has 0 amide bonds. The summed E-state index contributed by atoms with van der Waals surface area (Å²) >= 11 is 0. The summed E-state index contributed by atoms with van der Waals surface area (Å²) < 4.78 is 50.6. The molecule has 202 valence electrons. The standard InChI is InChI=1S/C31H45F3O2/c1-5-8-22-12-18-28(27(32)19-22)36-31(35)20(4)9-13-23(7-3)25-16-17-26(30(34)29(25)33)24-14-10-21(6-2)11-15-24/h9-10,14-16,21-23,26-28,31,35H,5-8,11-13,17-19H2,1-4H3/b20-9+. The Morgan fingerprint density at radius 3 is 2.56 bits per heavy atom.